The molecule has 0 radical (unpaired) electrons. The second kappa shape index (κ2) is 13.8. The second-order valence-electron chi connectivity index (χ2n) is 9.73. The van der Waals surface area contributed by atoms with Crippen LogP contribution in [-0.2, 0) is 23.9 Å². The largest absolute Gasteiger partial charge is 0.494 e. The number of rotatable bonds is 13. The lowest BCUT2D eigenvalue weighted by Gasteiger charge is -2.29. The van der Waals surface area contributed by atoms with Crippen molar-refractivity contribution in [2.75, 3.05) is 19.7 Å². The van der Waals surface area contributed by atoms with E-state index in [0.717, 1.165) is 17.2 Å². The molecular weight excluding hydrogens is 515 g/mol. The summed E-state index contributed by atoms with van der Waals surface area (Å²) < 4.78 is 46.1. The van der Waals surface area contributed by atoms with E-state index in [1.54, 1.807) is 30.3 Å². The van der Waals surface area contributed by atoms with Crippen molar-refractivity contribution in [1.82, 2.24) is 4.90 Å². The van der Waals surface area contributed by atoms with E-state index < -0.39 is 17.7 Å². The molecule has 0 aliphatic carbocycles. The number of carbonyl (C=O) groups is 1. The smallest absolute Gasteiger partial charge is 0.416 e. The molecule has 0 aliphatic heterocycles. The van der Waals surface area contributed by atoms with Gasteiger partial charge >= 0.3 is 12.1 Å². The first-order chi connectivity index (χ1) is 19.3. The summed E-state index contributed by atoms with van der Waals surface area (Å²) in [5, 5.41) is 9.04. The topological polar surface area (TPSA) is 49.8 Å². The minimum absolute atomic E-state index is 0.0295. The summed E-state index contributed by atoms with van der Waals surface area (Å²) in [6.07, 6.45) is -3.85. The van der Waals surface area contributed by atoms with E-state index in [1.807, 2.05) is 36.4 Å². The number of ether oxygens (including phenoxy) is 1. The Morgan fingerprint density at radius 1 is 0.800 bits per heavy atom. The summed E-state index contributed by atoms with van der Waals surface area (Å²) in [5.41, 5.74) is 2.86. The van der Waals surface area contributed by atoms with E-state index in [0.29, 0.717) is 49.5 Å². The summed E-state index contributed by atoms with van der Waals surface area (Å²) in [5.74, 6) is -0.287. The number of benzene rings is 4. The molecule has 4 rings (SSSR count). The number of carboxylic acid groups (broad SMARTS) is 1. The van der Waals surface area contributed by atoms with Gasteiger partial charge in [-0.05, 0) is 46.9 Å². The van der Waals surface area contributed by atoms with Gasteiger partial charge in [-0.1, -0.05) is 91.0 Å². The zero-order valence-corrected chi connectivity index (χ0v) is 22.1. The van der Waals surface area contributed by atoms with Crippen LogP contribution < -0.4 is 4.74 Å². The molecule has 0 aromatic heterocycles. The molecule has 0 spiro atoms. The third kappa shape index (κ3) is 8.71. The van der Waals surface area contributed by atoms with Gasteiger partial charge in [-0.3, -0.25) is 9.69 Å². The first-order valence-corrected chi connectivity index (χ1v) is 13.2. The first kappa shape index (κ1) is 28.9. The Morgan fingerprint density at radius 3 is 2.05 bits per heavy atom. The minimum atomic E-state index is -4.40. The number of hydrogen-bond acceptors (Lipinski definition) is 3. The van der Waals surface area contributed by atoms with Crippen molar-refractivity contribution in [3.05, 3.63) is 137 Å². The minimum Gasteiger partial charge on any atom is -0.494 e. The van der Waals surface area contributed by atoms with Crippen LogP contribution in [0.3, 0.4) is 0 Å². The maximum absolute atomic E-state index is 13.4. The molecule has 0 aliphatic rings. The molecule has 4 aromatic carbocycles. The summed E-state index contributed by atoms with van der Waals surface area (Å²) in [6, 6.07) is 32.7. The Labute approximate surface area is 232 Å². The molecule has 0 fully saturated rings. The van der Waals surface area contributed by atoms with Gasteiger partial charge in [0.25, 0.3) is 0 Å². The molecule has 0 atom stereocenters. The number of nitrogens with zero attached hydrogens (tertiary/aromatic N) is 1. The van der Waals surface area contributed by atoms with Crippen molar-refractivity contribution in [2.45, 2.75) is 31.5 Å². The normalized spacial score (nSPS) is 11.6. The van der Waals surface area contributed by atoms with Crippen LogP contribution in [0.4, 0.5) is 13.2 Å². The third-order valence-corrected chi connectivity index (χ3v) is 6.65. The Hall–Kier alpha value is -4.10. The van der Waals surface area contributed by atoms with Gasteiger partial charge in [0.15, 0.2) is 0 Å². The van der Waals surface area contributed by atoms with E-state index >= 15 is 0 Å². The monoisotopic (exact) mass is 547 g/mol. The van der Waals surface area contributed by atoms with Crippen molar-refractivity contribution in [3.63, 3.8) is 0 Å². The Kier molecular flexibility index (Phi) is 9.97. The molecular formula is C33H32F3NO3. The molecule has 1 N–H and O–H groups in total. The molecule has 4 aromatic rings. The van der Waals surface area contributed by atoms with Gasteiger partial charge in [-0.15, -0.1) is 0 Å². The van der Waals surface area contributed by atoms with Crippen LogP contribution in [-0.4, -0.2) is 35.7 Å². The van der Waals surface area contributed by atoms with Crippen molar-refractivity contribution < 1.29 is 27.8 Å². The van der Waals surface area contributed by atoms with Crippen molar-refractivity contribution >= 4 is 5.97 Å². The highest BCUT2D eigenvalue weighted by molar-refractivity contribution is 5.70. The maximum Gasteiger partial charge on any atom is 0.416 e. The zero-order chi connectivity index (χ0) is 28.4. The van der Waals surface area contributed by atoms with Gasteiger partial charge in [0, 0.05) is 25.6 Å². The molecule has 0 unspecified atom stereocenters. The summed E-state index contributed by atoms with van der Waals surface area (Å²) >= 11 is 0. The molecule has 4 nitrogen and oxygen atoms in total. The van der Waals surface area contributed by atoms with Crippen LogP contribution in [0.25, 0.3) is 0 Å². The van der Waals surface area contributed by atoms with E-state index in [2.05, 4.69) is 29.2 Å². The third-order valence-electron chi connectivity index (χ3n) is 6.65. The molecule has 208 valence electrons. The van der Waals surface area contributed by atoms with E-state index in [-0.39, 0.29) is 12.3 Å². The van der Waals surface area contributed by atoms with Crippen LogP contribution in [0, 0.1) is 0 Å². The Morgan fingerprint density at radius 2 is 1.43 bits per heavy atom. The zero-order valence-electron chi connectivity index (χ0n) is 22.1. The Bertz CT molecular complexity index is 1320. The van der Waals surface area contributed by atoms with Crippen LogP contribution in [0.2, 0.25) is 0 Å². The van der Waals surface area contributed by atoms with E-state index in [1.165, 1.54) is 12.1 Å². The van der Waals surface area contributed by atoms with Gasteiger partial charge < -0.3 is 9.84 Å². The first-order valence-electron chi connectivity index (χ1n) is 13.2. The van der Waals surface area contributed by atoms with E-state index in [9.17, 15) is 18.0 Å². The van der Waals surface area contributed by atoms with Crippen LogP contribution >= 0.6 is 0 Å². The number of carboxylic acids is 1. The number of alkyl halides is 3. The van der Waals surface area contributed by atoms with Crippen LogP contribution in [0.1, 0.15) is 40.2 Å². The average Bonchev–Trinajstić information content (AvgIpc) is 2.94. The highest BCUT2D eigenvalue weighted by Gasteiger charge is 2.30. The SMILES string of the molecule is O=C(O)Cc1cccc(OCCCN(Cc2cccc(C(F)(F)F)c2)CC(c2ccccc2)c2ccccc2)c1. The number of aliphatic carboxylic acids is 1. The molecule has 0 heterocycles. The molecule has 0 bridgehead atoms. The van der Waals surface area contributed by atoms with Crippen molar-refractivity contribution in [3.8, 4) is 5.75 Å². The predicted molar refractivity (Wildman–Crippen MR) is 149 cm³/mol. The predicted octanol–water partition coefficient (Wildman–Crippen LogP) is 7.44. The average molecular weight is 548 g/mol. The lowest BCUT2D eigenvalue weighted by Crippen LogP contribution is -2.31. The number of hydrogen-bond donors (Lipinski definition) is 1. The fraction of sp³-hybridized carbons (Fsp3) is 0.242. The molecule has 0 saturated carbocycles. The van der Waals surface area contributed by atoms with Gasteiger partial charge in [-0.25, -0.2) is 0 Å². The second-order valence-corrected chi connectivity index (χ2v) is 9.73. The molecule has 40 heavy (non-hydrogen) atoms. The van der Waals surface area contributed by atoms with Gasteiger partial charge in [0.1, 0.15) is 5.75 Å². The van der Waals surface area contributed by atoms with Gasteiger partial charge in [0.2, 0.25) is 0 Å². The van der Waals surface area contributed by atoms with Crippen molar-refractivity contribution in [2.24, 2.45) is 0 Å². The van der Waals surface area contributed by atoms with Crippen LogP contribution in [0.15, 0.2) is 109 Å². The highest BCUT2D eigenvalue weighted by Crippen LogP contribution is 2.31. The number of halogens is 3. The molecule has 0 saturated heterocycles. The summed E-state index contributed by atoms with van der Waals surface area (Å²) in [7, 11) is 0. The molecule has 7 heteroatoms. The summed E-state index contributed by atoms with van der Waals surface area (Å²) in [4.78, 5) is 13.2. The van der Waals surface area contributed by atoms with Crippen LogP contribution in [0.5, 0.6) is 5.75 Å². The lowest BCUT2D eigenvalue weighted by molar-refractivity contribution is -0.138. The van der Waals surface area contributed by atoms with E-state index in [4.69, 9.17) is 9.84 Å². The summed E-state index contributed by atoms with van der Waals surface area (Å²) in [6.45, 7) is 1.95. The fourth-order valence-electron chi connectivity index (χ4n) is 4.77. The standard InChI is InChI=1S/C33H32F3NO3/c34-33(35,36)29-16-7-11-26(20-29)23-37(18-9-19-40-30-17-8-10-25(21-30)22-32(38)39)24-31(27-12-3-1-4-13-27)28-14-5-2-6-15-28/h1-8,10-17,20-21,31H,9,18-19,22-24H2,(H,38,39). The van der Waals surface area contributed by atoms with Gasteiger partial charge in [0.05, 0.1) is 18.6 Å². The maximum atomic E-state index is 13.4. The van der Waals surface area contributed by atoms with Crippen molar-refractivity contribution in [1.29, 1.82) is 0 Å². The fourth-order valence-corrected chi connectivity index (χ4v) is 4.77. The molecule has 0 amide bonds. The highest BCUT2D eigenvalue weighted by atomic mass is 19.4. The quantitative estimate of drug-likeness (QED) is 0.177. The van der Waals surface area contributed by atoms with Gasteiger partial charge in [-0.2, -0.15) is 13.2 Å². The Balaban J connectivity index is 1.51. The lowest BCUT2D eigenvalue weighted by atomic mass is 9.90.